The lowest BCUT2D eigenvalue weighted by Gasteiger charge is -2.17. The lowest BCUT2D eigenvalue weighted by Crippen LogP contribution is -2.15. The Labute approximate surface area is 147 Å². The molecule has 0 unspecified atom stereocenters. The van der Waals surface area contributed by atoms with E-state index in [1.807, 2.05) is 18.5 Å². The largest absolute Gasteiger partial charge is 0.312 e. The van der Waals surface area contributed by atoms with Crippen LogP contribution >= 0.6 is 23.1 Å². The van der Waals surface area contributed by atoms with Crippen LogP contribution in [0.25, 0.3) is 10.2 Å². The number of aryl methyl sites for hydroxylation is 2. The number of rotatable bonds is 3. The monoisotopic (exact) mass is 361 g/mol. The molecule has 0 fully saturated rings. The van der Waals surface area contributed by atoms with Gasteiger partial charge in [0.1, 0.15) is 17.0 Å². The predicted octanol–water partition coefficient (Wildman–Crippen LogP) is 3.09. The van der Waals surface area contributed by atoms with Gasteiger partial charge in [0.2, 0.25) is 0 Å². The zero-order valence-corrected chi connectivity index (χ0v) is 15.5. The predicted molar refractivity (Wildman–Crippen MR) is 96.7 cm³/mol. The summed E-state index contributed by atoms with van der Waals surface area (Å²) in [5.74, 6) is 1.39. The fourth-order valence-corrected chi connectivity index (χ4v) is 5.39. The lowest BCUT2D eigenvalue weighted by molar-refractivity contribution is 0.509. The zero-order valence-electron chi connectivity index (χ0n) is 13.9. The highest BCUT2D eigenvalue weighted by atomic mass is 32.2. The Hall–Kier alpha value is -1.67. The molecule has 3 aromatic heterocycles. The molecule has 0 bridgehead atoms. The molecule has 126 valence electrons. The van der Waals surface area contributed by atoms with E-state index in [0.717, 1.165) is 34.6 Å². The van der Waals surface area contributed by atoms with Gasteiger partial charge in [0, 0.05) is 11.9 Å². The van der Waals surface area contributed by atoms with Gasteiger partial charge in [-0.2, -0.15) is 0 Å². The highest BCUT2D eigenvalue weighted by Crippen LogP contribution is 2.37. The van der Waals surface area contributed by atoms with Crippen molar-refractivity contribution in [3.8, 4) is 0 Å². The molecule has 0 aliphatic heterocycles. The second kappa shape index (κ2) is 6.00. The Morgan fingerprint density at radius 3 is 3.08 bits per heavy atom. The highest BCUT2D eigenvalue weighted by molar-refractivity contribution is 7.99. The van der Waals surface area contributed by atoms with E-state index in [0.29, 0.717) is 11.7 Å². The fraction of sp³-hybridized carbons (Fsp3) is 0.500. The van der Waals surface area contributed by atoms with Crippen LogP contribution in [0.1, 0.15) is 41.8 Å². The summed E-state index contributed by atoms with van der Waals surface area (Å²) in [4.78, 5) is 22.6. The number of hydrogen-bond donors (Lipinski definition) is 1. The van der Waals surface area contributed by atoms with Crippen LogP contribution in [0.4, 0.5) is 0 Å². The van der Waals surface area contributed by atoms with Crippen LogP contribution < -0.4 is 5.56 Å². The third-order valence-electron chi connectivity index (χ3n) is 4.52. The van der Waals surface area contributed by atoms with E-state index in [9.17, 15) is 4.79 Å². The summed E-state index contributed by atoms with van der Waals surface area (Å²) in [6, 6.07) is 0. The molecule has 0 spiro atoms. The number of nitrogens with one attached hydrogen (secondary N) is 1. The lowest BCUT2D eigenvalue weighted by atomic mass is 9.89. The molecular weight excluding hydrogens is 342 g/mol. The summed E-state index contributed by atoms with van der Waals surface area (Å²) in [5, 5.41) is 9.59. The molecular formula is C16H19N5OS2. The molecule has 2 atom stereocenters. The van der Waals surface area contributed by atoms with Crippen LogP contribution in [0.3, 0.4) is 0 Å². The first-order valence-electron chi connectivity index (χ1n) is 8.08. The van der Waals surface area contributed by atoms with E-state index >= 15 is 0 Å². The smallest absolute Gasteiger partial charge is 0.259 e. The molecule has 0 aromatic carbocycles. The van der Waals surface area contributed by atoms with Crippen molar-refractivity contribution in [2.75, 3.05) is 0 Å². The Bertz CT molecular complexity index is 957. The van der Waals surface area contributed by atoms with Crippen LogP contribution in [0.15, 0.2) is 16.3 Å². The normalized spacial score (nSPS) is 18.7. The Balaban J connectivity index is 1.73. The van der Waals surface area contributed by atoms with E-state index in [-0.39, 0.29) is 10.8 Å². The maximum Gasteiger partial charge on any atom is 0.259 e. The van der Waals surface area contributed by atoms with E-state index in [2.05, 4.69) is 22.1 Å². The summed E-state index contributed by atoms with van der Waals surface area (Å²) >= 11 is 3.23. The molecule has 3 heterocycles. The molecule has 1 aliphatic rings. The number of H-pyrrole nitrogens is 1. The standard InChI is InChI=1S/C16H19N5OS2/c1-8-4-5-10-11(6-8)24-15-12(10)14(22)18-13(19-15)9(2)23-16-20-17-7-21(16)3/h7-9H,4-6H2,1-3H3,(H,18,19,22)/t8-,9+/m1/s1. The number of thioether (sulfide) groups is 1. The quantitative estimate of drug-likeness (QED) is 0.726. The van der Waals surface area contributed by atoms with Crippen LogP contribution in [-0.4, -0.2) is 24.7 Å². The number of aromatic nitrogens is 5. The molecule has 0 radical (unpaired) electrons. The Kier molecular flexibility index (Phi) is 3.96. The van der Waals surface area contributed by atoms with E-state index in [1.165, 1.54) is 10.4 Å². The van der Waals surface area contributed by atoms with Crippen molar-refractivity contribution in [1.82, 2.24) is 24.7 Å². The number of aromatic amines is 1. The van der Waals surface area contributed by atoms with Crippen LogP contribution in [0.5, 0.6) is 0 Å². The number of thiophene rings is 1. The summed E-state index contributed by atoms with van der Waals surface area (Å²) in [6.07, 6.45) is 4.87. The van der Waals surface area contributed by atoms with Crippen molar-refractivity contribution in [1.29, 1.82) is 0 Å². The SMILES string of the molecule is C[C@@H]1CCc2c(sc3nc([C@H](C)Sc4nncn4C)[nH]c(=O)c23)C1. The first kappa shape index (κ1) is 15.8. The average molecular weight is 361 g/mol. The van der Waals surface area contributed by atoms with Crippen molar-refractivity contribution in [3.63, 3.8) is 0 Å². The van der Waals surface area contributed by atoms with Crippen LogP contribution in [-0.2, 0) is 19.9 Å². The maximum atomic E-state index is 12.7. The van der Waals surface area contributed by atoms with Crippen LogP contribution in [0.2, 0.25) is 0 Å². The van der Waals surface area contributed by atoms with E-state index in [1.54, 1.807) is 29.4 Å². The average Bonchev–Trinajstić information content (AvgIpc) is 3.10. The van der Waals surface area contributed by atoms with Gasteiger partial charge < -0.3 is 9.55 Å². The fourth-order valence-electron chi connectivity index (χ4n) is 3.15. The van der Waals surface area contributed by atoms with Crippen molar-refractivity contribution in [2.24, 2.45) is 13.0 Å². The number of hydrogen-bond acceptors (Lipinski definition) is 6. The minimum atomic E-state index is -0.00697. The summed E-state index contributed by atoms with van der Waals surface area (Å²) in [6.45, 7) is 4.30. The van der Waals surface area contributed by atoms with Gasteiger partial charge in [-0.15, -0.1) is 21.5 Å². The second-order valence-electron chi connectivity index (χ2n) is 6.47. The molecule has 0 saturated heterocycles. The first-order valence-corrected chi connectivity index (χ1v) is 9.77. The molecule has 4 rings (SSSR count). The summed E-state index contributed by atoms with van der Waals surface area (Å²) in [5.41, 5.74) is 1.22. The maximum absolute atomic E-state index is 12.7. The first-order chi connectivity index (χ1) is 11.5. The molecule has 3 aromatic rings. The number of nitrogens with zero attached hydrogens (tertiary/aromatic N) is 4. The highest BCUT2D eigenvalue weighted by Gasteiger charge is 2.24. The van der Waals surface area contributed by atoms with Crippen molar-refractivity contribution in [2.45, 2.75) is 43.5 Å². The minimum absolute atomic E-state index is 0.00283. The van der Waals surface area contributed by atoms with Crippen LogP contribution in [0, 0.1) is 5.92 Å². The van der Waals surface area contributed by atoms with Crippen molar-refractivity contribution in [3.05, 3.63) is 32.9 Å². The zero-order chi connectivity index (χ0) is 16.8. The number of fused-ring (bicyclic) bond motifs is 3. The topological polar surface area (TPSA) is 76.5 Å². The Morgan fingerprint density at radius 1 is 1.50 bits per heavy atom. The van der Waals surface area contributed by atoms with Gasteiger partial charge in [-0.1, -0.05) is 18.7 Å². The van der Waals surface area contributed by atoms with Gasteiger partial charge in [-0.25, -0.2) is 4.98 Å². The third kappa shape index (κ3) is 2.67. The summed E-state index contributed by atoms with van der Waals surface area (Å²) in [7, 11) is 1.91. The molecule has 1 N–H and O–H groups in total. The van der Waals surface area contributed by atoms with Gasteiger partial charge in [0.25, 0.3) is 5.56 Å². The van der Waals surface area contributed by atoms with Gasteiger partial charge in [0.05, 0.1) is 10.6 Å². The molecule has 6 nitrogen and oxygen atoms in total. The van der Waals surface area contributed by atoms with E-state index in [4.69, 9.17) is 4.98 Å². The van der Waals surface area contributed by atoms with Crippen molar-refractivity contribution >= 4 is 33.3 Å². The molecule has 0 amide bonds. The van der Waals surface area contributed by atoms with Gasteiger partial charge in [-0.05, 0) is 37.7 Å². The third-order valence-corrected chi connectivity index (χ3v) is 6.83. The van der Waals surface area contributed by atoms with Gasteiger partial charge >= 0.3 is 0 Å². The van der Waals surface area contributed by atoms with Gasteiger partial charge in [0.15, 0.2) is 5.16 Å². The molecule has 8 heteroatoms. The van der Waals surface area contributed by atoms with E-state index < -0.39 is 0 Å². The molecule has 0 saturated carbocycles. The summed E-state index contributed by atoms with van der Waals surface area (Å²) < 4.78 is 1.86. The molecule has 1 aliphatic carbocycles. The Morgan fingerprint density at radius 2 is 2.33 bits per heavy atom. The van der Waals surface area contributed by atoms with Gasteiger partial charge in [-0.3, -0.25) is 4.79 Å². The molecule has 24 heavy (non-hydrogen) atoms. The second-order valence-corrected chi connectivity index (χ2v) is 8.86. The van der Waals surface area contributed by atoms with Crippen molar-refractivity contribution < 1.29 is 0 Å². The minimum Gasteiger partial charge on any atom is -0.312 e.